The zero-order chi connectivity index (χ0) is 12.1. The van der Waals surface area contributed by atoms with Crippen molar-refractivity contribution in [3.05, 3.63) is 0 Å². The summed E-state index contributed by atoms with van der Waals surface area (Å²) in [5.74, 6) is 0. The first-order valence-corrected chi connectivity index (χ1v) is 5.88. The molecule has 0 amide bonds. The molecule has 0 aliphatic heterocycles. The number of aliphatic hydroxyl groups is 2. The lowest BCUT2D eigenvalue weighted by atomic mass is 9.70. The van der Waals surface area contributed by atoms with E-state index in [1.54, 1.807) is 0 Å². The minimum Gasteiger partial charge on any atom is -0.392 e. The molecule has 2 heteroatoms. The molecule has 0 radical (unpaired) electrons. The van der Waals surface area contributed by atoms with Gasteiger partial charge in [-0.3, -0.25) is 0 Å². The molecule has 0 aromatic carbocycles. The molecule has 0 bridgehead atoms. The molecule has 0 aromatic heterocycles. The molecular formula is C13H26O2. The highest BCUT2D eigenvalue weighted by atomic mass is 16.3. The van der Waals surface area contributed by atoms with Crippen molar-refractivity contribution in [3.63, 3.8) is 0 Å². The number of aliphatic hydroxyl groups excluding tert-OH is 2. The van der Waals surface area contributed by atoms with E-state index in [-0.39, 0.29) is 16.2 Å². The molecule has 1 aliphatic rings. The largest absolute Gasteiger partial charge is 0.392 e. The highest BCUT2D eigenvalue weighted by Crippen LogP contribution is 2.58. The van der Waals surface area contributed by atoms with Crippen LogP contribution in [-0.4, -0.2) is 22.4 Å². The third-order valence-electron chi connectivity index (χ3n) is 3.56. The average molecular weight is 214 g/mol. The summed E-state index contributed by atoms with van der Waals surface area (Å²) in [6.07, 6.45) is 1.06. The SMILES string of the molecule is CC(C)(C)[C@@H](O)C1([C@@H](O)C(C)(C)C)CC1. The molecule has 1 rings (SSSR count). The molecule has 2 N–H and O–H groups in total. The Morgan fingerprint density at radius 2 is 1.07 bits per heavy atom. The number of hydrogen-bond acceptors (Lipinski definition) is 2. The van der Waals surface area contributed by atoms with E-state index < -0.39 is 12.2 Å². The maximum absolute atomic E-state index is 10.3. The van der Waals surface area contributed by atoms with Gasteiger partial charge >= 0.3 is 0 Å². The van der Waals surface area contributed by atoms with Gasteiger partial charge in [0.25, 0.3) is 0 Å². The second kappa shape index (κ2) is 3.46. The summed E-state index contributed by atoms with van der Waals surface area (Å²) in [6, 6.07) is 0. The highest BCUT2D eigenvalue weighted by Gasteiger charge is 2.59. The van der Waals surface area contributed by atoms with Crippen LogP contribution < -0.4 is 0 Å². The quantitative estimate of drug-likeness (QED) is 0.741. The monoisotopic (exact) mass is 214 g/mol. The van der Waals surface area contributed by atoms with Crippen molar-refractivity contribution in [2.75, 3.05) is 0 Å². The summed E-state index contributed by atoms with van der Waals surface area (Å²) in [6.45, 7) is 12.2. The van der Waals surface area contributed by atoms with Gasteiger partial charge in [0.1, 0.15) is 0 Å². The summed E-state index contributed by atoms with van der Waals surface area (Å²) >= 11 is 0. The van der Waals surface area contributed by atoms with Gasteiger partial charge in [-0.25, -0.2) is 0 Å². The Morgan fingerprint density at radius 1 is 0.800 bits per heavy atom. The van der Waals surface area contributed by atoms with E-state index in [4.69, 9.17) is 0 Å². The first-order chi connectivity index (χ1) is 6.52. The maximum Gasteiger partial charge on any atom is 0.0669 e. The minimum atomic E-state index is -0.417. The van der Waals surface area contributed by atoms with Gasteiger partial charge in [0, 0.05) is 5.41 Å². The van der Waals surface area contributed by atoms with Crippen LogP contribution in [0.1, 0.15) is 54.4 Å². The number of hydrogen-bond donors (Lipinski definition) is 2. The predicted octanol–water partition coefficient (Wildman–Crippen LogP) is 2.58. The fourth-order valence-corrected chi connectivity index (χ4v) is 2.57. The van der Waals surface area contributed by atoms with Gasteiger partial charge in [0.05, 0.1) is 12.2 Å². The Bertz CT molecular complexity index is 206. The van der Waals surface area contributed by atoms with Crippen molar-refractivity contribution >= 4 is 0 Å². The van der Waals surface area contributed by atoms with Crippen LogP contribution in [0.25, 0.3) is 0 Å². The summed E-state index contributed by atoms with van der Waals surface area (Å²) < 4.78 is 0. The molecule has 0 aromatic rings. The second-order valence-corrected chi connectivity index (χ2v) is 7.27. The van der Waals surface area contributed by atoms with Crippen LogP contribution in [0.3, 0.4) is 0 Å². The molecule has 0 spiro atoms. The lowest BCUT2D eigenvalue weighted by molar-refractivity contribution is -0.0952. The summed E-state index contributed by atoms with van der Waals surface area (Å²) in [7, 11) is 0. The zero-order valence-corrected chi connectivity index (χ0v) is 11.0. The standard InChI is InChI=1S/C13H26O2/c1-11(2,3)9(14)13(7-8-13)10(15)12(4,5)6/h9-10,14-15H,7-8H2,1-6H3/t9-,10+. The molecule has 2 atom stereocenters. The van der Waals surface area contributed by atoms with Crippen LogP contribution in [0.5, 0.6) is 0 Å². The van der Waals surface area contributed by atoms with Gasteiger partial charge < -0.3 is 10.2 Å². The van der Waals surface area contributed by atoms with E-state index in [2.05, 4.69) is 0 Å². The van der Waals surface area contributed by atoms with E-state index in [0.29, 0.717) is 0 Å². The summed E-state index contributed by atoms with van der Waals surface area (Å²) in [5, 5.41) is 20.7. The first kappa shape index (κ1) is 13.0. The van der Waals surface area contributed by atoms with Gasteiger partial charge in [0.2, 0.25) is 0 Å². The molecule has 1 fully saturated rings. The molecule has 0 heterocycles. The molecule has 90 valence electrons. The normalized spacial score (nSPS) is 24.8. The summed E-state index contributed by atoms with van der Waals surface area (Å²) in [5.41, 5.74) is -0.554. The fraction of sp³-hybridized carbons (Fsp3) is 1.00. The molecule has 15 heavy (non-hydrogen) atoms. The highest BCUT2D eigenvalue weighted by molar-refractivity contribution is 5.09. The van der Waals surface area contributed by atoms with E-state index >= 15 is 0 Å². The molecule has 1 saturated carbocycles. The molecular weight excluding hydrogens is 188 g/mol. The van der Waals surface area contributed by atoms with E-state index in [1.165, 1.54) is 0 Å². The minimum absolute atomic E-state index is 0.150. The zero-order valence-electron chi connectivity index (χ0n) is 11.0. The molecule has 2 nitrogen and oxygen atoms in total. The third kappa shape index (κ3) is 2.36. The van der Waals surface area contributed by atoms with Crippen LogP contribution in [0.4, 0.5) is 0 Å². The smallest absolute Gasteiger partial charge is 0.0669 e. The van der Waals surface area contributed by atoms with Gasteiger partial charge in [-0.05, 0) is 23.7 Å². The van der Waals surface area contributed by atoms with Gasteiger partial charge in [-0.1, -0.05) is 41.5 Å². The first-order valence-electron chi connectivity index (χ1n) is 5.88. The van der Waals surface area contributed by atoms with Crippen LogP contribution in [0.2, 0.25) is 0 Å². The lowest BCUT2D eigenvalue weighted by Crippen LogP contribution is -2.47. The van der Waals surface area contributed by atoms with Crippen molar-refractivity contribution < 1.29 is 10.2 Å². The van der Waals surface area contributed by atoms with Crippen LogP contribution in [-0.2, 0) is 0 Å². The van der Waals surface area contributed by atoms with Crippen LogP contribution in [0, 0.1) is 16.2 Å². The van der Waals surface area contributed by atoms with Crippen molar-refractivity contribution in [2.24, 2.45) is 16.2 Å². The lowest BCUT2D eigenvalue weighted by Gasteiger charge is -2.41. The Morgan fingerprint density at radius 3 is 1.20 bits per heavy atom. The van der Waals surface area contributed by atoms with E-state index in [0.717, 1.165) is 12.8 Å². The predicted molar refractivity (Wildman–Crippen MR) is 62.6 cm³/mol. The summed E-state index contributed by atoms with van der Waals surface area (Å²) in [4.78, 5) is 0. The van der Waals surface area contributed by atoms with E-state index in [9.17, 15) is 10.2 Å². The van der Waals surface area contributed by atoms with Gasteiger partial charge in [0.15, 0.2) is 0 Å². The van der Waals surface area contributed by atoms with Crippen molar-refractivity contribution in [1.29, 1.82) is 0 Å². The number of rotatable bonds is 2. The van der Waals surface area contributed by atoms with Crippen molar-refractivity contribution in [3.8, 4) is 0 Å². The maximum atomic E-state index is 10.3. The average Bonchev–Trinajstić information content (AvgIpc) is 2.78. The van der Waals surface area contributed by atoms with Crippen LogP contribution in [0.15, 0.2) is 0 Å². The second-order valence-electron chi connectivity index (χ2n) is 7.27. The van der Waals surface area contributed by atoms with E-state index in [1.807, 2.05) is 41.5 Å². The molecule has 0 saturated heterocycles. The Kier molecular flexibility index (Phi) is 2.99. The topological polar surface area (TPSA) is 40.5 Å². The molecule has 1 aliphatic carbocycles. The molecule has 0 unspecified atom stereocenters. The Labute approximate surface area is 93.7 Å². The Hall–Kier alpha value is -0.0800. The van der Waals surface area contributed by atoms with Gasteiger partial charge in [-0.2, -0.15) is 0 Å². The van der Waals surface area contributed by atoms with Gasteiger partial charge in [-0.15, -0.1) is 0 Å². The Balaban J connectivity index is 2.85. The van der Waals surface area contributed by atoms with Crippen molar-refractivity contribution in [1.82, 2.24) is 0 Å². The fourth-order valence-electron chi connectivity index (χ4n) is 2.57. The third-order valence-corrected chi connectivity index (χ3v) is 3.56. The van der Waals surface area contributed by atoms with Crippen molar-refractivity contribution in [2.45, 2.75) is 66.6 Å². The van der Waals surface area contributed by atoms with Crippen LogP contribution >= 0.6 is 0 Å².